The average Bonchev–Trinajstić information content (AvgIpc) is 2.32. The number of aliphatic hydroxyl groups is 1. The number of rotatable bonds is 3. The van der Waals surface area contributed by atoms with Gasteiger partial charge in [-0.15, -0.1) is 0 Å². The topological polar surface area (TPSA) is 64.7 Å². The normalized spacial score (nSPS) is 30.2. The third-order valence-electron chi connectivity index (χ3n) is 2.72. The summed E-state index contributed by atoms with van der Waals surface area (Å²) in [7, 11) is 0. The number of hydrogen-bond donors (Lipinski definition) is 2. The predicted octanol–water partition coefficient (Wildman–Crippen LogP) is 0.290. The molecule has 2 rings (SSSR count). The number of nitrogens with two attached hydrogens (primary N) is 1. The molecule has 1 saturated heterocycles. The molecule has 4 nitrogen and oxygen atoms in total. The van der Waals surface area contributed by atoms with Crippen molar-refractivity contribution in [2.45, 2.75) is 24.9 Å². The van der Waals surface area contributed by atoms with Gasteiger partial charge in [0.05, 0.1) is 32.0 Å². The van der Waals surface area contributed by atoms with Gasteiger partial charge in [0, 0.05) is 0 Å². The Kier molecular flexibility index (Phi) is 3.90. The van der Waals surface area contributed by atoms with Crippen LogP contribution in [0.15, 0.2) is 30.3 Å². The van der Waals surface area contributed by atoms with Crippen LogP contribution < -0.4 is 5.73 Å². The molecule has 1 heterocycles. The first-order valence-electron chi connectivity index (χ1n) is 5.44. The van der Waals surface area contributed by atoms with E-state index in [0.717, 1.165) is 5.56 Å². The molecule has 0 unspecified atom stereocenters. The lowest BCUT2D eigenvalue weighted by atomic mass is 10.1. The van der Waals surface area contributed by atoms with E-state index >= 15 is 0 Å². The van der Waals surface area contributed by atoms with Crippen molar-refractivity contribution in [2.24, 2.45) is 5.73 Å². The van der Waals surface area contributed by atoms with Crippen LogP contribution in [-0.4, -0.2) is 36.6 Å². The van der Waals surface area contributed by atoms with E-state index in [1.165, 1.54) is 0 Å². The van der Waals surface area contributed by atoms with Crippen molar-refractivity contribution in [1.82, 2.24) is 0 Å². The number of ether oxygens (including phenoxy) is 2. The Morgan fingerprint density at radius 3 is 2.81 bits per heavy atom. The molecular weight excluding hydrogens is 206 g/mol. The second-order valence-electron chi connectivity index (χ2n) is 4.03. The Hall–Kier alpha value is -0.940. The second kappa shape index (κ2) is 5.41. The highest BCUT2D eigenvalue weighted by Gasteiger charge is 2.30. The molecule has 0 aromatic heterocycles. The predicted molar refractivity (Wildman–Crippen MR) is 59.8 cm³/mol. The maximum absolute atomic E-state index is 9.79. The molecule has 1 fully saturated rings. The Balaban J connectivity index is 1.85. The van der Waals surface area contributed by atoms with Crippen LogP contribution in [0.1, 0.15) is 5.56 Å². The standard InChI is InChI=1S/C12H17NO3/c13-10-7-15-8-11(12(10)14)16-6-9-4-2-1-3-5-9/h1-5,10-12,14H,6-8,13H2/t10-,11+,12+/m0/s1. The van der Waals surface area contributed by atoms with Crippen LogP contribution in [0.5, 0.6) is 0 Å². The molecule has 16 heavy (non-hydrogen) atoms. The minimum Gasteiger partial charge on any atom is -0.389 e. The smallest absolute Gasteiger partial charge is 0.109 e. The molecule has 0 aliphatic carbocycles. The van der Waals surface area contributed by atoms with Crippen molar-refractivity contribution < 1.29 is 14.6 Å². The van der Waals surface area contributed by atoms with E-state index in [1.807, 2.05) is 30.3 Å². The molecule has 0 saturated carbocycles. The minimum absolute atomic E-state index is 0.330. The van der Waals surface area contributed by atoms with Crippen molar-refractivity contribution in [3.63, 3.8) is 0 Å². The fraction of sp³-hybridized carbons (Fsp3) is 0.500. The summed E-state index contributed by atoms with van der Waals surface area (Å²) in [5.41, 5.74) is 6.76. The van der Waals surface area contributed by atoms with Crippen LogP contribution in [0, 0.1) is 0 Å². The van der Waals surface area contributed by atoms with E-state index < -0.39 is 6.10 Å². The molecule has 3 atom stereocenters. The van der Waals surface area contributed by atoms with Gasteiger partial charge in [-0.2, -0.15) is 0 Å². The highest BCUT2D eigenvalue weighted by atomic mass is 16.5. The molecule has 88 valence electrons. The Bertz CT molecular complexity index is 317. The van der Waals surface area contributed by atoms with Crippen LogP contribution in [0.4, 0.5) is 0 Å². The molecule has 4 heteroatoms. The quantitative estimate of drug-likeness (QED) is 0.773. The van der Waals surface area contributed by atoms with Gasteiger partial charge in [-0.1, -0.05) is 30.3 Å². The summed E-state index contributed by atoms with van der Waals surface area (Å²) in [6.07, 6.45) is -0.971. The average molecular weight is 223 g/mol. The monoisotopic (exact) mass is 223 g/mol. The van der Waals surface area contributed by atoms with Crippen LogP contribution in [0.3, 0.4) is 0 Å². The fourth-order valence-corrected chi connectivity index (χ4v) is 1.72. The SMILES string of the molecule is N[C@H]1COC[C@@H](OCc2ccccc2)[C@@H]1O. The third-order valence-corrected chi connectivity index (χ3v) is 2.72. The molecule has 0 amide bonds. The maximum Gasteiger partial charge on any atom is 0.109 e. The van der Waals surface area contributed by atoms with Crippen molar-refractivity contribution in [3.8, 4) is 0 Å². The molecule has 0 bridgehead atoms. The summed E-state index contributed by atoms with van der Waals surface area (Å²) in [5, 5.41) is 9.79. The van der Waals surface area contributed by atoms with Gasteiger partial charge in [-0.05, 0) is 5.56 Å². The van der Waals surface area contributed by atoms with E-state index in [2.05, 4.69) is 0 Å². The van der Waals surface area contributed by atoms with E-state index in [1.54, 1.807) is 0 Å². The summed E-state index contributed by atoms with van der Waals surface area (Å²) < 4.78 is 10.8. The van der Waals surface area contributed by atoms with Gasteiger partial charge in [-0.3, -0.25) is 0 Å². The summed E-state index contributed by atoms with van der Waals surface area (Å²) >= 11 is 0. The van der Waals surface area contributed by atoms with Crippen LogP contribution >= 0.6 is 0 Å². The molecule has 1 aromatic rings. The van der Waals surface area contributed by atoms with Gasteiger partial charge >= 0.3 is 0 Å². The molecule has 3 N–H and O–H groups in total. The summed E-state index contributed by atoms with van der Waals surface area (Å²) in [5.74, 6) is 0. The Morgan fingerprint density at radius 1 is 1.31 bits per heavy atom. The molecule has 1 aliphatic heterocycles. The molecule has 0 radical (unpaired) electrons. The fourth-order valence-electron chi connectivity index (χ4n) is 1.72. The van der Waals surface area contributed by atoms with E-state index in [0.29, 0.717) is 19.8 Å². The molecular formula is C12H17NO3. The van der Waals surface area contributed by atoms with Crippen molar-refractivity contribution in [3.05, 3.63) is 35.9 Å². The first kappa shape index (κ1) is 11.5. The molecule has 1 aliphatic rings. The van der Waals surface area contributed by atoms with Gasteiger partial charge in [0.25, 0.3) is 0 Å². The number of hydrogen-bond acceptors (Lipinski definition) is 4. The van der Waals surface area contributed by atoms with E-state index in [9.17, 15) is 5.11 Å². The minimum atomic E-state index is -0.641. The van der Waals surface area contributed by atoms with Gasteiger partial charge in [-0.25, -0.2) is 0 Å². The van der Waals surface area contributed by atoms with Crippen molar-refractivity contribution >= 4 is 0 Å². The van der Waals surface area contributed by atoms with Gasteiger partial charge in [0.1, 0.15) is 6.10 Å². The highest BCUT2D eigenvalue weighted by Crippen LogP contribution is 2.13. The summed E-state index contributed by atoms with van der Waals surface area (Å²) in [4.78, 5) is 0. The van der Waals surface area contributed by atoms with Crippen LogP contribution in [-0.2, 0) is 16.1 Å². The lowest BCUT2D eigenvalue weighted by Crippen LogP contribution is -2.53. The lowest BCUT2D eigenvalue weighted by molar-refractivity contribution is -0.131. The van der Waals surface area contributed by atoms with Crippen molar-refractivity contribution in [1.29, 1.82) is 0 Å². The largest absolute Gasteiger partial charge is 0.389 e. The van der Waals surface area contributed by atoms with Gasteiger partial charge in [0.2, 0.25) is 0 Å². The van der Waals surface area contributed by atoms with Crippen LogP contribution in [0.2, 0.25) is 0 Å². The zero-order valence-electron chi connectivity index (χ0n) is 9.08. The third kappa shape index (κ3) is 2.80. The first-order chi connectivity index (χ1) is 7.77. The maximum atomic E-state index is 9.79. The molecule has 0 spiro atoms. The number of benzene rings is 1. The van der Waals surface area contributed by atoms with Crippen molar-refractivity contribution in [2.75, 3.05) is 13.2 Å². The number of aliphatic hydroxyl groups excluding tert-OH is 1. The van der Waals surface area contributed by atoms with E-state index in [4.69, 9.17) is 15.2 Å². The Labute approximate surface area is 95.0 Å². The van der Waals surface area contributed by atoms with Gasteiger partial charge in [0.15, 0.2) is 0 Å². The Morgan fingerprint density at radius 2 is 2.06 bits per heavy atom. The zero-order valence-corrected chi connectivity index (χ0v) is 9.08. The van der Waals surface area contributed by atoms with Crippen LogP contribution in [0.25, 0.3) is 0 Å². The van der Waals surface area contributed by atoms with E-state index in [-0.39, 0.29) is 12.1 Å². The highest BCUT2D eigenvalue weighted by molar-refractivity contribution is 5.13. The second-order valence-corrected chi connectivity index (χ2v) is 4.03. The summed E-state index contributed by atoms with van der Waals surface area (Å²) in [6.45, 7) is 1.27. The molecule has 1 aromatic carbocycles. The zero-order chi connectivity index (χ0) is 11.4. The lowest BCUT2D eigenvalue weighted by Gasteiger charge is -2.32. The summed E-state index contributed by atoms with van der Waals surface area (Å²) in [6, 6.07) is 9.48. The van der Waals surface area contributed by atoms with Gasteiger partial charge < -0.3 is 20.3 Å². The first-order valence-corrected chi connectivity index (χ1v) is 5.44.